The van der Waals surface area contributed by atoms with Crippen LogP contribution >= 0.6 is 0 Å². The van der Waals surface area contributed by atoms with Crippen LogP contribution in [0, 0.1) is 0 Å². The summed E-state index contributed by atoms with van der Waals surface area (Å²) in [4.78, 5) is 0. The fourth-order valence-electron chi connectivity index (χ4n) is 1.18. The van der Waals surface area contributed by atoms with E-state index in [1.807, 2.05) is 0 Å². The van der Waals surface area contributed by atoms with Crippen molar-refractivity contribution >= 4 is 0 Å². The molecule has 0 bridgehead atoms. The summed E-state index contributed by atoms with van der Waals surface area (Å²) < 4.78 is 5.19. The van der Waals surface area contributed by atoms with E-state index in [0.29, 0.717) is 6.10 Å². The number of hydrogen-bond donors (Lipinski definition) is 1. The minimum absolute atomic E-state index is 0.314. The normalized spacial score (nSPS) is 36.7. The Morgan fingerprint density at radius 1 is 1.56 bits per heavy atom. The first-order valence-electron chi connectivity index (χ1n) is 3.66. The maximum atomic E-state index is 8.99. The molecule has 1 saturated heterocycles. The summed E-state index contributed by atoms with van der Waals surface area (Å²) in [6.07, 6.45) is 3.90. The van der Waals surface area contributed by atoms with Crippen LogP contribution in [-0.4, -0.2) is 17.5 Å². The Kier molecular flexibility index (Phi) is 2.49. The van der Waals surface area contributed by atoms with Gasteiger partial charge in [-0.15, -0.1) is 0 Å². The molecule has 1 aliphatic heterocycles. The van der Waals surface area contributed by atoms with E-state index >= 15 is 0 Å². The Hall–Kier alpha value is -0.0800. The maximum absolute atomic E-state index is 8.99. The third-order valence-electron chi connectivity index (χ3n) is 1.78. The zero-order valence-electron chi connectivity index (χ0n) is 5.84. The largest absolute Gasteiger partial charge is 0.368 e. The second-order valence-corrected chi connectivity index (χ2v) is 2.55. The van der Waals surface area contributed by atoms with Crippen LogP contribution in [0.15, 0.2) is 0 Å². The van der Waals surface area contributed by atoms with E-state index in [9.17, 15) is 0 Å². The SMILES string of the molecule is CC[C@H]1CCC[C@H](O)O1. The fraction of sp³-hybridized carbons (Fsp3) is 1.00. The predicted molar refractivity (Wildman–Crippen MR) is 35.0 cm³/mol. The molecule has 1 aliphatic rings. The van der Waals surface area contributed by atoms with Gasteiger partial charge in [0.15, 0.2) is 6.29 Å². The molecule has 9 heavy (non-hydrogen) atoms. The molecular weight excluding hydrogens is 116 g/mol. The molecule has 0 radical (unpaired) electrons. The summed E-state index contributed by atoms with van der Waals surface area (Å²) in [5, 5.41) is 8.99. The molecule has 0 saturated carbocycles. The predicted octanol–water partition coefficient (Wildman–Crippen LogP) is 1.28. The van der Waals surface area contributed by atoms with Gasteiger partial charge in [0.2, 0.25) is 0 Å². The minimum Gasteiger partial charge on any atom is -0.368 e. The fourth-order valence-corrected chi connectivity index (χ4v) is 1.18. The lowest BCUT2D eigenvalue weighted by Crippen LogP contribution is -2.26. The van der Waals surface area contributed by atoms with Gasteiger partial charge in [-0.1, -0.05) is 6.92 Å². The molecule has 0 aromatic heterocycles. The Labute approximate surface area is 55.8 Å². The number of ether oxygens (including phenoxy) is 1. The van der Waals surface area contributed by atoms with E-state index in [4.69, 9.17) is 9.84 Å². The highest BCUT2D eigenvalue weighted by Gasteiger charge is 2.17. The van der Waals surface area contributed by atoms with Crippen LogP contribution in [0.25, 0.3) is 0 Å². The average molecular weight is 130 g/mol. The van der Waals surface area contributed by atoms with Gasteiger partial charge in [-0.3, -0.25) is 0 Å². The molecule has 0 aromatic rings. The van der Waals surface area contributed by atoms with Crippen LogP contribution < -0.4 is 0 Å². The van der Waals surface area contributed by atoms with E-state index in [-0.39, 0.29) is 0 Å². The van der Waals surface area contributed by atoms with E-state index < -0.39 is 6.29 Å². The monoisotopic (exact) mass is 130 g/mol. The number of rotatable bonds is 1. The van der Waals surface area contributed by atoms with E-state index in [1.54, 1.807) is 0 Å². The summed E-state index contributed by atoms with van der Waals surface area (Å²) in [7, 11) is 0. The Balaban J connectivity index is 2.23. The lowest BCUT2D eigenvalue weighted by molar-refractivity contribution is -0.162. The number of aliphatic hydroxyl groups excluding tert-OH is 1. The molecule has 0 spiro atoms. The van der Waals surface area contributed by atoms with Crippen molar-refractivity contribution in [2.45, 2.75) is 45.0 Å². The van der Waals surface area contributed by atoms with Gasteiger partial charge < -0.3 is 9.84 Å². The summed E-state index contributed by atoms with van der Waals surface area (Å²) in [5.74, 6) is 0. The van der Waals surface area contributed by atoms with Gasteiger partial charge in [0.05, 0.1) is 6.10 Å². The van der Waals surface area contributed by atoms with Crippen molar-refractivity contribution in [2.75, 3.05) is 0 Å². The number of hydrogen-bond acceptors (Lipinski definition) is 2. The Bertz CT molecular complexity index is 83.0. The van der Waals surface area contributed by atoms with E-state index in [2.05, 4.69) is 6.92 Å². The summed E-state index contributed by atoms with van der Waals surface area (Å²) in [6.45, 7) is 2.09. The second-order valence-electron chi connectivity index (χ2n) is 2.55. The van der Waals surface area contributed by atoms with Crippen LogP contribution in [0.4, 0.5) is 0 Å². The molecule has 2 atom stereocenters. The smallest absolute Gasteiger partial charge is 0.154 e. The Morgan fingerprint density at radius 3 is 2.78 bits per heavy atom. The zero-order chi connectivity index (χ0) is 6.69. The first-order valence-corrected chi connectivity index (χ1v) is 3.66. The maximum Gasteiger partial charge on any atom is 0.154 e. The summed E-state index contributed by atoms with van der Waals surface area (Å²) in [6, 6.07) is 0. The molecule has 0 aromatic carbocycles. The van der Waals surface area contributed by atoms with Crippen molar-refractivity contribution in [2.24, 2.45) is 0 Å². The van der Waals surface area contributed by atoms with Crippen LogP contribution in [-0.2, 0) is 4.74 Å². The van der Waals surface area contributed by atoms with Crippen LogP contribution in [0.5, 0.6) is 0 Å². The van der Waals surface area contributed by atoms with Crippen molar-refractivity contribution < 1.29 is 9.84 Å². The molecule has 1 rings (SSSR count). The standard InChI is InChI=1S/C7H14O2/c1-2-6-4-3-5-7(8)9-6/h6-8H,2-5H2,1H3/t6-,7+/m0/s1. The van der Waals surface area contributed by atoms with Crippen molar-refractivity contribution in [3.8, 4) is 0 Å². The lowest BCUT2D eigenvalue weighted by atomic mass is 10.1. The van der Waals surface area contributed by atoms with E-state index in [1.165, 1.54) is 0 Å². The van der Waals surface area contributed by atoms with Crippen LogP contribution in [0.3, 0.4) is 0 Å². The molecule has 0 amide bonds. The van der Waals surface area contributed by atoms with Gasteiger partial charge in [-0.25, -0.2) is 0 Å². The van der Waals surface area contributed by atoms with Gasteiger partial charge in [-0.2, -0.15) is 0 Å². The van der Waals surface area contributed by atoms with Gasteiger partial charge in [0, 0.05) is 0 Å². The highest BCUT2D eigenvalue weighted by molar-refractivity contribution is 4.62. The van der Waals surface area contributed by atoms with Gasteiger partial charge in [0.25, 0.3) is 0 Å². The van der Waals surface area contributed by atoms with Crippen molar-refractivity contribution in [3.05, 3.63) is 0 Å². The lowest BCUT2D eigenvalue weighted by Gasteiger charge is -2.25. The topological polar surface area (TPSA) is 29.5 Å². The van der Waals surface area contributed by atoms with Crippen molar-refractivity contribution in [1.82, 2.24) is 0 Å². The van der Waals surface area contributed by atoms with Crippen molar-refractivity contribution in [1.29, 1.82) is 0 Å². The third kappa shape index (κ3) is 1.95. The molecule has 54 valence electrons. The highest BCUT2D eigenvalue weighted by atomic mass is 16.6. The van der Waals surface area contributed by atoms with E-state index in [0.717, 1.165) is 25.7 Å². The molecule has 0 aliphatic carbocycles. The molecule has 2 nitrogen and oxygen atoms in total. The van der Waals surface area contributed by atoms with Gasteiger partial charge >= 0.3 is 0 Å². The molecule has 1 heterocycles. The van der Waals surface area contributed by atoms with Crippen LogP contribution in [0.1, 0.15) is 32.6 Å². The van der Waals surface area contributed by atoms with Gasteiger partial charge in [0.1, 0.15) is 0 Å². The average Bonchev–Trinajstić information content (AvgIpc) is 1.88. The highest BCUT2D eigenvalue weighted by Crippen LogP contribution is 2.18. The first-order chi connectivity index (χ1) is 4.33. The molecule has 0 unspecified atom stereocenters. The molecule has 1 fully saturated rings. The quantitative estimate of drug-likeness (QED) is 0.579. The summed E-state index contributed by atoms with van der Waals surface area (Å²) in [5.41, 5.74) is 0. The van der Waals surface area contributed by atoms with Gasteiger partial charge in [-0.05, 0) is 25.7 Å². The molecular formula is C7H14O2. The number of aliphatic hydroxyl groups is 1. The van der Waals surface area contributed by atoms with Crippen LogP contribution in [0.2, 0.25) is 0 Å². The summed E-state index contributed by atoms with van der Waals surface area (Å²) >= 11 is 0. The first kappa shape index (κ1) is 7.03. The minimum atomic E-state index is -0.483. The van der Waals surface area contributed by atoms with Crippen molar-refractivity contribution in [3.63, 3.8) is 0 Å². The molecule has 2 heteroatoms. The zero-order valence-corrected chi connectivity index (χ0v) is 5.84. The third-order valence-corrected chi connectivity index (χ3v) is 1.78. The Morgan fingerprint density at radius 2 is 2.33 bits per heavy atom. The second kappa shape index (κ2) is 3.18. The molecule has 1 N–H and O–H groups in total.